The quantitative estimate of drug-likeness (QED) is 0.500. The number of nitriles is 1. The zero-order chi connectivity index (χ0) is 13.8. The lowest BCUT2D eigenvalue weighted by Crippen LogP contribution is -2.43. The molecular weight excluding hydrogens is 251 g/mol. The summed E-state index contributed by atoms with van der Waals surface area (Å²) in [5, 5.41) is 35.2. The zero-order valence-electron chi connectivity index (χ0n) is 9.72. The Balaban J connectivity index is 2.10. The Kier molecular flexibility index (Phi) is 2.43. The lowest BCUT2D eigenvalue weighted by atomic mass is 9.93. The molecular formula is C10H10BN4O4. The van der Waals surface area contributed by atoms with Crippen molar-refractivity contribution in [3.05, 3.63) is 28.2 Å². The minimum absolute atomic E-state index is 0.227. The van der Waals surface area contributed by atoms with Gasteiger partial charge in [-0.1, -0.05) is 0 Å². The van der Waals surface area contributed by atoms with Crippen LogP contribution in [-0.4, -0.2) is 45.4 Å². The van der Waals surface area contributed by atoms with Crippen molar-refractivity contribution in [2.45, 2.75) is 23.6 Å². The van der Waals surface area contributed by atoms with Crippen molar-refractivity contribution >= 4 is 7.28 Å². The van der Waals surface area contributed by atoms with Gasteiger partial charge in [0.2, 0.25) is 0 Å². The minimum Gasteiger partial charge on any atom is -0.394 e. The number of hydrogen-bond acceptors (Lipinski definition) is 6. The predicted molar refractivity (Wildman–Crippen MR) is 61.0 cm³/mol. The van der Waals surface area contributed by atoms with Crippen LogP contribution in [0, 0.1) is 16.9 Å². The maximum absolute atomic E-state index is 12.1. The van der Waals surface area contributed by atoms with Crippen molar-refractivity contribution in [2.24, 2.45) is 0 Å². The molecule has 2 aliphatic rings. The monoisotopic (exact) mass is 261 g/mol. The van der Waals surface area contributed by atoms with Crippen LogP contribution in [0.25, 0.3) is 0 Å². The molecule has 9 heteroatoms. The number of rotatable bonds is 2. The maximum Gasteiger partial charge on any atom is 0.344 e. The van der Waals surface area contributed by atoms with Gasteiger partial charge in [0.15, 0.2) is 13.5 Å². The van der Waals surface area contributed by atoms with E-state index >= 15 is 0 Å². The third-order valence-electron chi connectivity index (χ3n) is 3.55. The van der Waals surface area contributed by atoms with E-state index in [0.717, 1.165) is 4.57 Å². The van der Waals surface area contributed by atoms with Gasteiger partial charge in [0.25, 0.3) is 0 Å². The Morgan fingerprint density at radius 2 is 2.42 bits per heavy atom. The van der Waals surface area contributed by atoms with E-state index in [2.05, 4.69) is 0 Å². The van der Waals surface area contributed by atoms with Crippen LogP contribution in [-0.2, 0) is 10.4 Å². The highest BCUT2D eigenvalue weighted by Gasteiger charge is 2.69. The zero-order valence-corrected chi connectivity index (χ0v) is 9.72. The van der Waals surface area contributed by atoms with Crippen LogP contribution in [0.5, 0.6) is 0 Å². The predicted octanol–water partition coefficient (Wildman–Crippen LogP) is -2.67. The average molecular weight is 261 g/mol. The molecule has 0 aliphatic carbocycles. The molecule has 1 aromatic heterocycles. The highest BCUT2D eigenvalue weighted by atomic mass is 16.6. The van der Waals surface area contributed by atoms with Crippen LogP contribution in [0.4, 0.5) is 0 Å². The molecule has 0 bridgehead atoms. The fraction of sp³-hybridized carbons (Fsp3) is 0.500. The van der Waals surface area contributed by atoms with Gasteiger partial charge in [-0.15, -0.1) is 0 Å². The van der Waals surface area contributed by atoms with E-state index in [1.165, 1.54) is 12.3 Å². The molecule has 0 amide bonds. The number of aromatic nitrogens is 2. The Morgan fingerprint density at radius 1 is 1.68 bits per heavy atom. The average Bonchev–Trinajstić information content (AvgIpc) is 3.04. The van der Waals surface area contributed by atoms with Crippen LogP contribution in [0.2, 0.25) is 5.82 Å². The number of nitrogens with one attached hydrogen (secondary N) is 1. The molecule has 0 saturated carbocycles. The van der Waals surface area contributed by atoms with Gasteiger partial charge >= 0.3 is 5.69 Å². The fourth-order valence-corrected chi connectivity index (χ4v) is 2.51. The summed E-state index contributed by atoms with van der Waals surface area (Å²) in [7, 11) is 1.64. The maximum atomic E-state index is 12.1. The molecule has 2 saturated heterocycles. The summed E-state index contributed by atoms with van der Waals surface area (Å²) in [5.41, 5.74) is -2.05. The Bertz CT molecular complexity index is 692. The van der Waals surface area contributed by atoms with Gasteiger partial charge in [0.05, 0.1) is 12.7 Å². The van der Waals surface area contributed by atoms with Crippen LogP contribution in [0.15, 0.2) is 17.1 Å². The van der Waals surface area contributed by atoms with Gasteiger partial charge in [0.1, 0.15) is 17.2 Å². The lowest BCUT2D eigenvalue weighted by Gasteiger charge is -2.20. The van der Waals surface area contributed by atoms with Crippen LogP contribution in [0.3, 0.4) is 0 Å². The standard InChI is InChI=1S/C10H10BN4O4/c12-4-14-6(13)1-2-15(9(14)18)10-8(11-10)7(17)5(3-16)19-10/h1-2,5,7-8,13,16-17H,3H2/t5-,7-,8-,10+/m1/s1. The van der Waals surface area contributed by atoms with E-state index in [1.807, 2.05) is 0 Å². The molecule has 97 valence electrons. The Labute approximate surface area is 107 Å². The van der Waals surface area contributed by atoms with Gasteiger partial charge in [-0.25, -0.2) is 4.79 Å². The molecule has 3 rings (SSSR count). The van der Waals surface area contributed by atoms with Crippen LogP contribution >= 0.6 is 0 Å². The number of hydrogen-bond donors (Lipinski definition) is 3. The first-order valence-corrected chi connectivity index (χ1v) is 5.68. The van der Waals surface area contributed by atoms with Crippen molar-refractivity contribution in [3.8, 4) is 6.19 Å². The first kappa shape index (κ1) is 12.2. The third-order valence-corrected chi connectivity index (χ3v) is 3.55. The molecule has 3 heterocycles. The molecule has 0 spiro atoms. The number of nitrogens with zero attached hydrogens (tertiary/aromatic N) is 3. The van der Waals surface area contributed by atoms with Crippen LogP contribution < -0.4 is 11.2 Å². The lowest BCUT2D eigenvalue weighted by molar-refractivity contribution is -0.0629. The summed E-state index contributed by atoms with van der Waals surface area (Å²) in [6.45, 7) is -0.350. The van der Waals surface area contributed by atoms with Crippen LogP contribution in [0.1, 0.15) is 0 Å². The van der Waals surface area contributed by atoms with E-state index in [-0.39, 0.29) is 12.1 Å². The summed E-state index contributed by atoms with van der Waals surface area (Å²) in [5.74, 6) is -0.397. The number of aliphatic hydroxyl groups excluding tert-OH is 2. The normalized spacial score (nSPS) is 35.3. The molecule has 2 fully saturated rings. The molecule has 1 radical (unpaired) electrons. The summed E-state index contributed by atoms with van der Waals surface area (Å²) < 4.78 is 7.30. The molecule has 3 N–H and O–H groups in total. The second kappa shape index (κ2) is 3.80. The van der Waals surface area contributed by atoms with E-state index in [1.54, 1.807) is 13.5 Å². The van der Waals surface area contributed by atoms with Gasteiger partial charge in [0, 0.05) is 12.0 Å². The first-order chi connectivity index (χ1) is 9.05. The van der Waals surface area contributed by atoms with Gasteiger partial charge in [-0.3, -0.25) is 9.98 Å². The summed E-state index contributed by atoms with van der Waals surface area (Å²) in [6, 6.07) is 1.30. The molecule has 4 atom stereocenters. The van der Waals surface area contributed by atoms with Gasteiger partial charge in [-0.05, 0) is 6.07 Å². The Hall–Kier alpha value is -1.89. The van der Waals surface area contributed by atoms with Gasteiger partial charge in [-0.2, -0.15) is 9.83 Å². The highest BCUT2D eigenvalue weighted by Crippen LogP contribution is 2.56. The Morgan fingerprint density at radius 3 is 3.00 bits per heavy atom. The largest absolute Gasteiger partial charge is 0.394 e. The molecule has 1 aromatic rings. The number of ether oxygens (including phenoxy) is 1. The number of fused-ring (bicyclic) bond motifs is 1. The highest BCUT2D eigenvalue weighted by molar-refractivity contribution is 6.55. The second-order valence-corrected chi connectivity index (χ2v) is 4.56. The van der Waals surface area contributed by atoms with Gasteiger partial charge < -0.3 is 14.9 Å². The van der Waals surface area contributed by atoms with Crippen molar-refractivity contribution in [3.63, 3.8) is 0 Å². The molecule has 0 aromatic carbocycles. The third kappa shape index (κ3) is 1.45. The van der Waals surface area contributed by atoms with Crippen molar-refractivity contribution in [1.29, 1.82) is 10.7 Å². The minimum atomic E-state index is -1.11. The number of aliphatic hydroxyl groups is 2. The van der Waals surface area contributed by atoms with Crippen molar-refractivity contribution < 1.29 is 14.9 Å². The van der Waals surface area contributed by atoms with Crippen molar-refractivity contribution in [1.82, 2.24) is 9.13 Å². The first-order valence-electron chi connectivity index (χ1n) is 5.68. The molecule has 19 heavy (non-hydrogen) atoms. The topological polar surface area (TPSA) is 124 Å². The summed E-state index contributed by atoms with van der Waals surface area (Å²) in [4.78, 5) is 12.1. The smallest absolute Gasteiger partial charge is 0.344 e. The van der Waals surface area contributed by atoms with E-state index in [0.29, 0.717) is 4.57 Å². The summed E-state index contributed by atoms with van der Waals surface area (Å²) >= 11 is 0. The second-order valence-electron chi connectivity index (χ2n) is 4.56. The molecule has 8 nitrogen and oxygen atoms in total. The van der Waals surface area contributed by atoms with Crippen molar-refractivity contribution in [2.75, 3.05) is 6.61 Å². The molecule has 0 unspecified atom stereocenters. The van der Waals surface area contributed by atoms with E-state index in [4.69, 9.17) is 20.5 Å². The molecule has 2 aliphatic heterocycles. The van der Waals surface area contributed by atoms with E-state index < -0.39 is 29.3 Å². The van der Waals surface area contributed by atoms with E-state index in [9.17, 15) is 9.90 Å². The SMILES string of the molecule is N#Cn1c(=N)ccn([C@@]23[B][C@@H]2[C@H](O)[C@@H](CO)O3)c1=O. The fourth-order valence-electron chi connectivity index (χ4n) is 2.51. The summed E-state index contributed by atoms with van der Waals surface area (Å²) in [6.07, 6.45) is 1.32.